The molecule has 33 heavy (non-hydrogen) atoms. The van der Waals surface area contributed by atoms with Crippen molar-refractivity contribution in [3.63, 3.8) is 0 Å². The van der Waals surface area contributed by atoms with E-state index in [2.05, 4.69) is 26.0 Å². The molecule has 0 saturated carbocycles. The molecule has 8 nitrogen and oxygen atoms in total. The number of amides is 1. The normalized spacial score (nSPS) is 11.9. The maximum Gasteiger partial charge on any atom is 0.261 e. The standard InChI is InChI=1S/C21H19BrClN3O5S2/c1-26(2)33(30,31)20-13-15(9-12-18(20)23)24-21(27)17-5-3-4-6-19(17)25-32(28,29)16-10-7-14(22)8-11-16/h3-13,25H,1-2H3,(H,24,27). The molecule has 0 aromatic heterocycles. The highest BCUT2D eigenvalue weighted by molar-refractivity contribution is 9.10. The van der Waals surface area contributed by atoms with Crippen LogP contribution in [0.25, 0.3) is 0 Å². The van der Waals surface area contributed by atoms with Gasteiger partial charge in [-0.15, -0.1) is 0 Å². The molecule has 0 saturated heterocycles. The minimum absolute atomic E-state index is 0.00403. The molecule has 3 rings (SSSR count). The minimum Gasteiger partial charge on any atom is -0.322 e. The van der Waals surface area contributed by atoms with Gasteiger partial charge in [0.05, 0.1) is 21.2 Å². The summed E-state index contributed by atoms with van der Waals surface area (Å²) in [5.74, 6) is -0.639. The third-order valence-electron chi connectivity index (χ3n) is 4.49. The summed E-state index contributed by atoms with van der Waals surface area (Å²) in [6.07, 6.45) is 0. The van der Waals surface area contributed by atoms with Crippen LogP contribution >= 0.6 is 27.5 Å². The van der Waals surface area contributed by atoms with E-state index in [0.29, 0.717) is 0 Å². The lowest BCUT2D eigenvalue weighted by atomic mass is 10.1. The van der Waals surface area contributed by atoms with E-state index >= 15 is 0 Å². The second-order valence-electron chi connectivity index (χ2n) is 6.99. The van der Waals surface area contributed by atoms with E-state index in [1.54, 1.807) is 24.3 Å². The fourth-order valence-corrected chi connectivity index (χ4v) is 5.50. The van der Waals surface area contributed by atoms with Gasteiger partial charge in [0.1, 0.15) is 4.90 Å². The van der Waals surface area contributed by atoms with Crippen LogP contribution in [0.2, 0.25) is 5.02 Å². The zero-order valence-corrected chi connectivity index (χ0v) is 21.4. The third kappa shape index (κ3) is 5.74. The first-order valence-electron chi connectivity index (χ1n) is 9.32. The van der Waals surface area contributed by atoms with Crippen molar-refractivity contribution in [2.75, 3.05) is 24.1 Å². The molecule has 0 radical (unpaired) electrons. The lowest BCUT2D eigenvalue weighted by molar-refractivity contribution is 0.102. The summed E-state index contributed by atoms with van der Waals surface area (Å²) < 4.78 is 54.6. The molecule has 3 aromatic rings. The number of nitrogens with one attached hydrogen (secondary N) is 2. The number of anilines is 2. The maximum absolute atomic E-state index is 12.9. The number of nitrogens with zero attached hydrogens (tertiary/aromatic N) is 1. The van der Waals surface area contributed by atoms with Crippen LogP contribution in [0, 0.1) is 0 Å². The number of hydrogen-bond acceptors (Lipinski definition) is 5. The molecule has 2 N–H and O–H groups in total. The molecule has 174 valence electrons. The first kappa shape index (κ1) is 25.2. The van der Waals surface area contributed by atoms with Gasteiger partial charge in [-0.05, 0) is 54.6 Å². The Kier molecular flexibility index (Phi) is 7.49. The van der Waals surface area contributed by atoms with Crippen LogP contribution in [-0.2, 0) is 20.0 Å². The van der Waals surface area contributed by atoms with Crippen LogP contribution in [0.15, 0.2) is 81.0 Å². The molecule has 0 unspecified atom stereocenters. The average Bonchev–Trinajstić information content (AvgIpc) is 2.75. The zero-order valence-electron chi connectivity index (χ0n) is 17.4. The van der Waals surface area contributed by atoms with Crippen LogP contribution in [0.4, 0.5) is 11.4 Å². The SMILES string of the molecule is CN(C)S(=O)(=O)c1cc(NC(=O)c2ccccc2NS(=O)(=O)c2ccc(Br)cc2)ccc1Cl. The van der Waals surface area contributed by atoms with Crippen LogP contribution < -0.4 is 10.0 Å². The monoisotopic (exact) mass is 571 g/mol. The second-order valence-corrected chi connectivity index (χ2v) is 12.1. The minimum atomic E-state index is -3.95. The summed E-state index contributed by atoms with van der Waals surface area (Å²) in [5.41, 5.74) is 0.286. The smallest absolute Gasteiger partial charge is 0.261 e. The van der Waals surface area contributed by atoms with Gasteiger partial charge in [-0.3, -0.25) is 9.52 Å². The third-order valence-corrected chi connectivity index (χ3v) is 8.69. The summed E-state index contributed by atoms with van der Waals surface area (Å²) in [6, 6.07) is 16.1. The van der Waals surface area contributed by atoms with E-state index in [0.717, 1.165) is 8.78 Å². The Labute approximate surface area is 205 Å². The Bertz CT molecular complexity index is 1410. The Morgan fingerprint density at radius 3 is 2.21 bits per heavy atom. The Morgan fingerprint density at radius 2 is 1.58 bits per heavy atom. The molecule has 1 amide bonds. The quantitative estimate of drug-likeness (QED) is 0.436. The maximum atomic E-state index is 12.9. The van der Waals surface area contributed by atoms with Crippen LogP contribution in [-0.4, -0.2) is 41.1 Å². The number of hydrogen-bond donors (Lipinski definition) is 2. The van der Waals surface area contributed by atoms with Crippen molar-refractivity contribution in [3.8, 4) is 0 Å². The van der Waals surface area contributed by atoms with Crippen molar-refractivity contribution >= 4 is 64.9 Å². The molecule has 0 atom stereocenters. The molecule has 0 aliphatic rings. The van der Waals surface area contributed by atoms with Crippen molar-refractivity contribution in [2.45, 2.75) is 9.79 Å². The first-order chi connectivity index (χ1) is 15.4. The molecule has 3 aromatic carbocycles. The predicted octanol–water partition coefficient (Wildman–Crippen LogP) is 4.41. The van der Waals surface area contributed by atoms with E-state index in [1.807, 2.05) is 0 Å². The summed E-state index contributed by atoms with van der Waals surface area (Å²) in [6.45, 7) is 0. The van der Waals surface area contributed by atoms with Gasteiger partial charge in [-0.2, -0.15) is 0 Å². The van der Waals surface area contributed by atoms with E-state index in [1.165, 1.54) is 56.6 Å². The number of halogens is 2. The molecule has 0 aliphatic carbocycles. The molecule has 12 heteroatoms. The van der Waals surface area contributed by atoms with Gasteiger partial charge in [0.2, 0.25) is 10.0 Å². The van der Waals surface area contributed by atoms with Crippen molar-refractivity contribution in [2.24, 2.45) is 0 Å². The van der Waals surface area contributed by atoms with E-state index in [-0.39, 0.29) is 31.8 Å². The van der Waals surface area contributed by atoms with Crippen molar-refractivity contribution in [1.82, 2.24) is 4.31 Å². The largest absolute Gasteiger partial charge is 0.322 e. The van der Waals surface area contributed by atoms with Gasteiger partial charge in [0.15, 0.2) is 0 Å². The first-order valence-corrected chi connectivity index (χ1v) is 13.4. The Hall–Kier alpha value is -2.44. The molecule has 0 fully saturated rings. The Morgan fingerprint density at radius 1 is 0.939 bits per heavy atom. The highest BCUT2D eigenvalue weighted by Gasteiger charge is 2.23. The zero-order chi connectivity index (χ0) is 24.4. The van der Waals surface area contributed by atoms with Crippen LogP contribution in [0.1, 0.15) is 10.4 Å². The Balaban J connectivity index is 1.91. The molecule has 0 aliphatic heterocycles. The van der Waals surface area contributed by atoms with Gasteiger partial charge < -0.3 is 5.32 Å². The number of para-hydroxylation sites is 1. The highest BCUT2D eigenvalue weighted by atomic mass is 79.9. The molecule has 0 heterocycles. The van der Waals surface area contributed by atoms with Gasteiger partial charge in [0.25, 0.3) is 15.9 Å². The molecule has 0 spiro atoms. The predicted molar refractivity (Wildman–Crippen MR) is 132 cm³/mol. The van der Waals surface area contributed by atoms with Crippen LogP contribution in [0.3, 0.4) is 0 Å². The summed E-state index contributed by atoms with van der Waals surface area (Å²) in [7, 11) is -5.06. The second kappa shape index (κ2) is 9.82. The van der Waals surface area contributed by atoms with Crippen molar-refractivity contribution < 1.29 is 21.6 Å². The number of carbonyl (C=O) groups is 1. The van der Waals surface area contributed by atoms with Gasteiger partial charge in [-0.25, -0.2) is 21.1 Å². The summed E-state index contributed by atoms with van der Waals surface area (Å²) in [4.78, 5) is 12.8. The summed E-state index contributed by atoms with van der Waals surface area (Å²) >= 11 is 9.30. The average molecular weight is 573 g/mol. The van der Waals surface area contributed by atoms with Crippen LogP contribution in [0.5, 0.6) is 0 Å². The molecule has 0 bridgehead atoms. The van der Waals surface area contributed by atoms with Crippen molar-refractivity contribution in [3.05, 3.63) is 81.8 Å². The summed E-state index contributed by atoms with van der Waals surface area (Å²) in [5, 5.41) is 2.59. The van der Waals surface area contributed by atoms with E-state index < -0.39 is 26.0 Å². The lowest BCUT2D eigenvalue weighted by Crippen LogP contribution is -2.23. The van der Waals surface area contributed by atoms with E-state index in [9.17, 15) is 21.6 Å². The molecular formula is C21H19BrClN3O5S2. The fourth-order valence-electron chi connectivity index (χ4n) is 2.76. The topological polar surface area (TPSA) is 113 Å². The fraction of sp³-hybridized carbons (Fsp3) is 0.0952. The van der Waals surface area contributed by atoms with Crippen molar-refractivity contribution in [1.29, 1.82) is 0 Å². The van der Waals surface area contributed by atoms with Gasteiger partial charge >= 0.3 is 0 Å². The van der Waals surface area contributed by atoms with Gasteiger partial charge in [0, 0.05) is 24.3 Å². The van der Waals surface area contributed by atoms with Gasteiger partial charge in [-0.1, -0.05) is 39.7 Å². The number of rotatable bonds is 7. The number of carbonyl (C=O) groups excluding carboxylic acids is 1. The molecular weight excluding hydrogens is 554 g/mol. The number of sulfonamides is 2. The number of benzene rings is 3. The highest BCUT2D eigenvalue weighted by Crippen LogP contribution is 2.28. The lowest BCUT2D eigenvalue weighted by Gasteiger charge is -2.15. The van der Waals surface area contributed by atoms with E-state index in [4.69, 9.17) is 11.6 Å².